The quantitative estimate of drug-likeness (QED) is 0.911. The van der Waals surface area contributed by atoms with Gasteiger partial charge in [0.2, 0.25) is 5.91 Å². The van der Waals surface area contributed by atoms with E-state index in [1.54, 1.807) is 0 Å². The number of nitrogens with one attached hydrogen (secondary N) is 1. The average molecular weight is 302 g/mol. The van der Waals surface area contributed by atoms with E-state index in [2.05, 4.69) is 10.3 Å². The van der Waals surface area contributed by atoms with Crippen molar-refractivity contribution in [2.24, 2.45) is 0 Å². The van der Waals surface area contributed by atoms with Crippen molar-refractivity contribution in [2.45, 2.75) is 51.6 Å². The minimum absolute atomic E-state index is 0.110. The zero-order valence-electron chi connectivity index (χ0n) is 13.1. The maximum absolute atomic E-state index is 11.9. The van der Waals surface area contributed by atoms with Gasteiger partial charge in [-0.2, -0.15) is 0 Å². The van der Waals surface area contributed by atoms with Crippen LogP contribution in [0.4, 0.5) is 5.69 Å². The number of fused-ring (bicyclic) bond motifs is 1. The molecule has 5 heteroatoms. The second-order valence-corrected chi connectivity index (χ2v) is 6.15. The van der Waals surface area contributed by atoms with Crippen molar-refractivity contribution in [3.8, 4) is 0 Å². The third kappa shape index (κ3) is 3.47. The summed E-state index contributed by atoms with van der Waals surface area (Å²) in [7, 11) is 0. The lowest BCUT2D eigenvalue weighted by molar-refractivity contribution is -0.122. The highest BCUT2D eigenvalue weighted by Gasteiger charge is 2.17. The lowest BCUT2D eigenvalue weighted by atomic mass is 10.2. The molecule has 0 atom stereocenters. The molecule has 22 heavy (non-hydrogen) atoms. The Labute approximate surface area is 130 Å². The van der Waals surface area contributed by atoms with E-state index in [1.807, 2.05) is 32.0 Å². The summed E-state index contributed by atoms with van der Waals surface area (Å²) in [6, 6.07) is 5.49. The summed E-state index contributed by atoms with van der Waals surface area (Å²) in [5, 5.41) is 2.85. The van der Waals surface area contributed by atoms with E-state index in [-0.39, 0.29) is 24.5 Å². The molecule has 1 saturated carbocycles. The minimum Gasteiger partial charge on any atom is -0.440 e. The smallest absolute Gasteiger partial charge is 0.250 e. The van der Waals surface area contributed by atoms with Gasteiger partial charge in [-0.25, -0.2) is 4.98 Å². The molecule has 0 aliphatic heterocycles. The van der Waals surface area contributed by atoms with Crippen LogP contribution in [0.2, 0.25) is 0 Å². The minimum atomic E-state index is -0.126. The van der Waals surface area contributed by atoms with E-state index < -0.39 is 0 Å². The Bertz CT molecular complexity index is 657. The molecule has 0 spiro atoms. The fourth-order valence-electron chi connectivity index (χ4n) is 2.72. The number of amides is 1. The molecular weight excluding hydrogens is 280 g/mol. The van der Waals surface area contributed by atoms with Gasteiger partial charge in [-0.15, -0.1) is 0 Å². The van der Waals surface area contributed by atoms with Crippen LogP contribution in [-0.4, -0.2) is 23.6 Å². The Kier molecular flexibility index (Phi) is 4.43. The molecule has 0 radical (unpaired) electrons. The average Bonchev–Trinajstić information content (AvgIpc) is 3.14. The van der Waals surface area contributed by atoms with Crippen LogP contribution in [0.25, 0.3) is 11.1 Å². The molecular formula is C17H22N2O3. The summed E-state index contributed by atoms with van der Waals surface area (Å²) in [5.41, 5.74) is 2.22. The molecule has 1 aromatic heterocycles. The summed E-state index contributed by atoms with van der Waals surface area (Å²) in [4.78, 5) is 16.4. The van der Waals surface area contributed by atoms with Crippen LogP contribution in [0.1, 0.15) is 51.3 Å². The van der Waals surface area contributed by atoms with Crippen molar-refractivity contribution in [2.75, 3.05) is 11.9 Å². The van der Waals surface area contributed by atoms with Crippen molar-refractivity contribution in [3.05, 3.63) is 24.1 Å². The number of anilines is 1. The largest absolute Gasteiger partial charge is 0.440 e. The van der Waals surface area contributed by atoms with Gasteiger partial charge in [-0.1, -0.05) is 26.7 Å². The van der Waals surface area contributed by atoms with Gasteiger partial charge < -0.3 is 14.5 Å². The molecule has 3 rings (SSSR count). The van der Waals surface area contributed by atoms with Gasteiger partial charge in [0.1, 0.15) is 12.1 Å². The van der Waals surface area contributed by atoms with Gasteiger partial charge in [-0.3, -0.25) is 4.79 Å². The molecule has 0 unspecified atom stereocenters. The van der Waals surface area contributed by atoms with Gasteiger partial charge in [0.25, 0.3) is 0 Å². The Hall–Kier alpha value is -1.88. The summed E-state index contributed by atoms with van der Waals surface area (Å²) in [6.45, 7) is 4.18. The van der Waals surface area contributed by atoms with Crippen LogP contribution in [0.15, 0.2) is 22.6 Å². The van der Waals surface area contributed by atoms with Crippen molar-refractivity contribution < 1.29 is 13.9 Å². The first kappa shape index (κ1) is 15.0. The van der Waals surface area contributed by atoms with Gasteiger partial charge in [-0.05, 0) is 31.0 Å². The fourth-order valence-corrected chi connectivity index (χ4v) is 2.72. The normalized spacial score (nSPS) is 15.8. The highest BCUT2D eigenvalue weighted by atomic mass is 16.5. The third-order valence-electron chi connectivity index (χ3n) is 3.93. The number of carbonyl (C=O) groups excluding carboxylic acids is 1. The van der Waals surface area contributed by atoms with Gasteiger partial charge >= 0.3 is 0 Å². The van der Waals surface area contributed by atoms with Crippen molar-refractivity contribution in [1.29, 1.82) is 0 Å². The summed E-state index contributed by atoms with van der Waals surface area (Å²) in [5.74, 6) is 0.826. The molecule has 2 aromatic rings. The topological polar surface area (TPSA) is 64.4 Å². The maximum atomic E-state index is 11.9. The van der Waals surface area contributed by atoms with Crippen molar-refractivity contribution >= 4 is 22.7 Å². The Morgan fingerprint density at radius 3 is 2.91 bits per heavy atom. The SMILES string of the molecule is CC(C)c1nc2cc(NC(=O)COC3CCCC3)ccc2o1. The number of hydrogen-bond donors (Lipinski definition) is 1. The van der Waals surface area contributed by atoms with E-state index in [9.17, 15) is 4.79 Å². The number of nitrogens with zero attached hydrogens (tertiary/aromatic N) is 1. The molecule has 0 saturated heterocycles. The predicted octanol–water partition coefficient (Wildman–Crippen LogP) is 3.85. The van der Waals surface area contributed by atoms with Crippen molar-refractivity contribution in [1.82, 2.24) is 4.98 Å². The highest BCUT2D eigenvalue weighted by molar-refractivity contribution is 5.93. The highest BCUT2D eigenvalue weighted by Crippen LogP contribution is 2.24. The Morgan fingerprint density at radius 2 is 2.18 bits per heavy atom. The van der Waals surface area contributed by atoms with Crippen LogP contribution < -0.4 is 5.32 Å². The lowest BCUT2D eigenvalue weighted by Crippen LogP contribution is -2.21. The first-order valence-electron chi connectivity index (χ1n) is 7.94. The number of aromatic nitrogens is 1. The molecule has 0 bridgehead atoms. The molecule has 1 aromatic carbocycles. The Balaban J connectivity index is 1.61. The summed E-state index contributed by atoms with van der Waals surface area (Å²) < 4.78 is 11.3. The van der Waals surface area contributed by atoms with Gasteiger partial charge in [0.15, 0.2) is 11.5 Å². The molecule has 1 N–H and O–H groups in total. The van der Waals surface area contributed by atoms with Gasteiger partial charge in [0.05, 0.1) is 6.10 Å². The van der Waals surface area contributed by atoms with Crippen LogP contribution in [-0.2, 0) is 9.53 Å². The first-order chi connectivity index (χ1) is 10.6. The third-order valence-corrected chi connectivity index (χ3v) is 3.93. The number of oxazole rings is 1. The monoisotopic (exact) mass is 302 g/mol. The van der Waals surface area contributed by atoms with Crippen LogP contribution in [0.3, 0.4) is 0 Å². The number of carbonyl (C=O) groups is 1. The molecule has 118 valence electrons. The van der Waals surface area contributed by atoms with E-state index in [0.717, 1.165) is 29.6 Å². The lowest BCUT2D eigenvalue weighted by Gasteiger charge is -2.11. The summed E-state index contributed by atoms with van der Waals surface area (Å²) in [6.07, 6.45) is 4.78. The molecule has 1 heterocycles. The molecule has 1 aliphatic rings. The fraction of sp³-hybridized carbons (Fsp3) is 0.529. The number of benzene rings is 1. The number of rotatable bonds is 5. The molecule has 1 aliphatic carbocycles. The molecule has 1 fully saturated rings. The zero-order chi connectivity index (χ0) is 15.5. The maximum Gasteiger partial charge on any atom is 0.250 e. The number of hydrogen-bond acceptors (Lipinski definition) is 4. The van der Waals surface area contributed by atoms with Gasteiger partial charge in [0, 0.05) is 11.6 Å². The van der Waals surface area contributed by atoms with Crippen LogP contribution in [0.5, 0.6) is 0 Å². The number of ether oxygens (including phenoxy) is 1. The first-order valence-corrected chi connectivity index (χ1v) is 7.94. The van der Waals surface area contributed by atoms with E-state index >= 15 is 0 Å². The van der Waals surface area contributed by atoms with Crippen LogP contribution >= 0.6 is 0 Å². The predicted molar refractivity (Wildman–Crippen MR) is 84.9 cm³/mol. The molecule has 1 amide bonds. The Morgan fingerprint density at radius 1 is 1.41 bits per heavy atom. The second kappa shape index (κ2) is 6.48. The second-order valence-electron chi connectivity index (χ2n) is 6.15. The summed E-state index contributed by atoms with van der Waals surface area (Å²) >= 11 is 0. The van der Waals surface area contributed by atoms with Crippen molar-refractivity contribution in [3.63, 3.8) is 0 Å². The molecule has 5 nitrogen and oxygen atoms in total. The standard InChI is InChI=1S/C17H22N2O3/c1-11(2)17-19-14-9-12(7-8-15(14)22-17)18-16(20)10-21-13-5-3-4-6-13/h7-9,11,13H,3-6,10H2,1-2H3,(H,18,20). The zero-order valence-corrected chi connectivity index (χ0v) is 13.1. The van der Waals surface area contributed by atoms with E-state index in [0.29, 0.717) is 5.89 Å². The van der Waals surface area contributed by atoms with E-state index in [1.165, 1.54) is 12.8 Å². The van der Waals surface area contributed by atoms with Crippen LogP contribution in [0, 0.1) is 0 Å². The van der Waals surface area contributed by atoms with E-state index in [4.69, 9.17) is 9.15 Å².